The van der Waals surface area contributed by atoms with Gasteiger partial charge in [0.1, 0.15) is 12.4 Å². The van der Waals surface area contributed by atoms with E-state index in [-0.39, 0.29) is 16.1 Å². The van der Waals surface area contributed by atoms with Gasteiger partial charge in [0.25, 0.3) is 0 Å². The smallest absolute Gasteiger partial charge is 0.306 e. The van der Waals surface area contributed by atoms with E-state index in [0.717, 1.165) is 0 Å². The Hall–Kier alpha value is -1.43. The number of aldehydes is 1. The van der Waals surface area contributed by atoms with Crippen molar-refractivity contribution >= 4 is 23.9 Å². The van der Waals surface area contributed by atoms with Crippen molar-refractivity contribution < 1.29 is 24.9 Å². The van der Waals surface area contributed by atoms with Crippen molar-refractivity contribution in [1.29, 1.82) is 0 Å². The number of rotatable bonds is 5. The maximum atomic E-state index is 10.6. The molecule has 0 aliphatic heterocycles. The van der Waals surface area contributed by atoms with E-state index in [1.807, 2.05) is 0 Å². The SMILES string of the molecule is O=Cc1cc(Cl)cc(C(O)C(O)CC(=O)O)c1. The molecule has 6 heteroatoms. The Kier molecular flexibility index (Phi) is 4.62. The summed E-state index contributed by atoms with van der Waals surface area (Å²) in [6, 6.07) is 4.10. The summed E-state index contributed by atoms with van der Waals surface area (Å²) in [5.41, 5.74) is 0.447. The fourth-order valence-corrected chi connectivity index (χ4v) is 1.64. The van der Waals surface area contributed by atoms with E-state index in [0.29, 0.717) is 6.29 Å². The van der Waals surface area contributed by atoms with Gasteiger partial charge >= 0.3 is 5.97 Å². The zero-order chi connectivity index (χ0) is 13.0. The fourth-order valence-electron chi connectivity index (χ4n) is 1.39. The molecule has 0 saturated heterocycles. The topological polar surface area (TPSA) is 94.8 Å². The number of carbonyl (C=O) groups excluding carboxylic acids is 1. The Labute approximate surface area is 102 Å². The van der Waals surface area contributed by atoms with Crippen LogP contribution in [0.4, 0.5) is 0 Å². The van der Waals surface area contributed by atoms with Crippen LogP contribution in [0.3, 0.4) is 0 Å². The quantitative estimate of drug-likeness (QED) is 0.686. The Bertz CT molecular complexity index is 432. The molecule has 0 bridgehead atoms. The molecule has 0 heterocycles. The maximum Gasteiger partial charge on any atom is 0.306 e. The van der Waals surface area contributed by atoms with Crippen molar-refractivity contribution in [2.45, 2.75) is 18.6 Å². The molecule has 0 saturated carbocycles. The molecule has 1 aromatic rings. The van der Waals surface area contributed by atoms with Gasteiger partial charge in [-0.15, -0.1) is 0 Å². The average Bonchev–Trinajstić information content (AvgIpc) is 2.26. The monoisotopic (exact) mass is 258 g/mol. The lowest BCUT2D eigenvalue weighted by Crippen LogP contribution is -2.21. The first-order valence-electron chi connectivity index (χ1n) is 4.77. The van der Waals surface area contributed by atoms with Crippen molar-refractivity contribution in [3.8, 4) is 0 Å². The molecule has 1 aromatic carbocycles. The highest BCUT2D eigenvalue weighted by molar-refractivity contribution is 6.30. The van der Waals surface area contributed by atoms with E-state index in [4.69, 9.17) is 16.7 Å². The Morgan fingerprint density at radius 2 is 2.00 bits per heavy atom. The second-order valence-electron chi connectivity index (χ2n) is 3.55. The third-order valence-corrected chi connectivity index (χ3v) is 2.39. The molecule has 0 amide bonds. The molecule has 0 fully saturated rings. The fraction of sp³-hybridized carbons (Fsp3) is 0.273. The standard InChI is InChI=1S/C11H11ClO5/c12-8-2-6(5-13)1-7(3-8)11(17)9(14)4-10(15)16/h1-3,5,9,11,14,17H,4H2,(H,15,16). The van der Waals surface area contributed by atoms with Gasteiger partial charge in [-0.05, 0) is 23.8 Å². The molecule has 5 nitrogen and oxygen atoms in total. The summed E-state index contributed by atoms with van der Waals surface area (Å²) in [5, 5.41) is 27.8. The lowest BCUT2D eigenvalue weighted by Gasteiger charge is -2.17. The molecule has 0 aliphatic carbocycles. The molecule has 0 radical (unpaired) electrons. The van der Waals surface area contributed by atoms with E-state index >= 15 is 0 Å². The summed E-state index contributed by atoms with van der Waals surface area (Å²) in [5.74, 6) is -1.23. The molecular weight excluding hydrogens is 248 g/mol. The molecule has 0 aromatic heterocycles. The van der Waals surface area contributed by atoms with E-state index in [2.05, 4.69) is 0 Å². The molecule has 0 aliphatic rings. The number of benzene rings is 1. The van der Waals surface area contributed by atoms with Gasteiger partial charge in [0, 0.05) is 10.6 Å². The van der Waals surface area contributed by atoms with Crippen LogP contribution < -0.4 is 0 Å². The summed E-state index contributed by atoms with van der Waals surface area (Å²) in [4.78, 5) is 21.0. The molecule has 2 atom stereocenters. The first-order chi connectivity index (χ1) is 7.93. The second kappa shape index (κ2) is 5.77. The minimum atomic E-state index is -1.45. The maximum absolute atomic E-state index is 10.6. The van der Waals surface area contributed by atoms with Crippen LogP contribution in [0.5, 0.6) is 0 Å². The predicted molar refractivity (Wildman–Crippen MR) is 60.1 cm³/mol. The number of carboxylic acid groups (broad SMARTS) is 1. The van der Waals surface area contributed by atoms with Crippen LogP contribution in [0.25, 0.3) is 0 Å². The van der Waals surface area contributed by atoms with Crippen LogP contribution in [0, 0.1) is 0 Å². The molecule has 2 unspecified atom stereocenters. The van der Waals surface area contributed by atoms with E-state index < -0.39 is 24.6 Å². The number of aliphatic hydroxyl groups is 2. The third kappa shape index (κ3) is 3.81. The summed E-state index contributed by atoms with van der Waals surface area (Å²) < 4.78 is 0. The van der Waals surface area contributed by atoms with Crippen LogP contribution in [-0.2, 0) is 4.79 Å². The van der Waals surface area contributed by atoms with E-state index in [1.54, 1.807) is 0 Å². The van der Waals surface area contributed by atoms with Crippen molar-refractivity contribution in [3.05, 3.63) is 34.3 Å². The zero-order valence-electron chi connectivity index (χ0n) is 8.71. The minimum Gasteiger partial charge on any atom is -0.481 e. The van der Waals surface area contributed by atoms with Gasteiger partial charge < -0.3 is 15.3 Å². The van der Waals surface area contributed by atoms with Crippen LogP contribution in [0.15, 0.2) is 18.2 Å². The number of hydrogen-bond donors (Lipinski definition) is 3. The summed E-state index contributed by atoms with van der Waals surface area (Å²) in [7, 11) is 0. The normalized spacial score (nSPS) is 14.1. The number of aliphatic hydroxyl groups excluding tert-OH is 2. The van der Waals surface area contributed by atoms with Crippen LogP contribution in [-0.4, -0.2) is 33.7 Å². The van der Waals surface area contributed by atoms with Gasteiger partial charge in [-0.1, -0.05) is 11.6 Å². The van der Waals surface area contributed by atoms with Gasteiger partial charge in [0.15, 0.2) is 0 Å². The van der Waals surface area contributed by atoms with E-state index in [1.165, 1.54) is 18.2 Å². The first kappa shape index (κ1) is 13.6. The van der Waals surface area contributed by atoms with Gasteiger partial charge in [-0.25, -0.2) is 0 Å². The number of carbonyl (C=O) groups is 2. The molecular formula is C11H11ClO5. The number of halogens is 1. The van der Waals surface area contributed by atoms with Gasteiger partial charge in [-0.3, -0.25) is 9.59 Å². The Morgan fingerprint density at radius 3 is 2.53 bits per heavy atom. The number of aliphatic carboxylic acids is 1. The molecule has 3 N–H and O–H groups in total. The summed E-state index contributed by atoms with van der Waals surface area (Å²) >= 11 is 5.72. The van der Waals surface area contributed by atoms with Crippen LogP contribution in [0.1, 0.15) is 28.4 Å². The molecule has 1 rings (SSSR count). The van der Waals surface area contributed by atoms with Gasteiger partial charge in [-0.2, -0.15) is 0 Å². The third-order valence-electron chi connectivity index (χ3n) is 2.17. The summed E-state index contributed by atoms with van der Waals surface area (Å²) in [6.07, 6.45) is -2.90. The van der Waals surface area contributed by atoms with Crippen LogP contribution in [0.2, 0.25) is 5.02 Å². The largest absolute Gasteiger partial charge is 0.481 e. The molecule has 17 heavy (non-hydrogen) atoms. The number of carboxylic acids is 1. The van der Waals surface area contributed by atoms with Crippen molar-refractivity contribution in [3.63, 3.8) is 0 Å². The second-order valence-corrected chi connectivity index (χ2v) is 3.98. The zero-order valence-corrected chi connectivity index (χ0v) is 9.46. The first-order valence-corrected chi connectivity index (χ1v) is 5.15. The minimum absolute atomic E-state index is 0.202. The Balaban J connectivity index is 2.94. The highest BCUT2D eigenvalue weighted by Gasteiger charge is 2.21. The number of hydrogen-bond acceptors (Lipinski definition) is 4. The average molecular weight is 259 g/mol. The van der Waals surface area contributed by atoms with Gasteiger partial charge in [0.05, 0.1) is 12.5 Å². The van der Waals surface area contributed by atoms with E-state index in [9.17, 15) is 19.8 Å². The van der Waals surface area contributed by atoms with Crippen LogP contribution >= 0.6 is 11.6 Å². The van der Waals surface area contributed by atoms with Crippen molar-refractivity contribution in [2.75, 3.05) is 0 Å². The summed E-state index contributed by atoms with van der Waals surface area (Å²) in [6.45, 7) is 0. The lowest BCUT2D eigenvalue weighted by atomic mass is 10.0. The Morgan fingerprint density at radius 1 is 1.35 bits per heavy atom. The van der Waals surface area contributed by atoms with Crippen molar-refractivity contribution in [2.24, 2.45) is 0 Å². The highest BCUT2D eigenvalue weighted by atomic mass is 35.5. The molecule has 92 valence electrons. The highest BCUT2D eigenvalue weighted by Crippen LogP contribution is 2.23. The lowest BCUT2D eigenvalue weighted by molar-refractivity contribution is -0.141. The van der Waals surface area contributed by atoms with Crippen molar-refractivity contribution in [1.82, 2.24) is 0 Å². The van der Waals surface area contributed by atoms with Gasteiger partial charge in [0.2, 0.25) is 0 Å². The molecule has 0 spiro atoms. The predicted octanol–water partition coefficient (Wildman–Crippen LogP) is 1.02.